The third-order valence-corrected chi connectivity index (χ3v) is 6.09. The van der Waals surface area contributed by atoms with Crippen molar-refractivity contribution in [1.82, 2.24) is 9.97 Å². The van der Waals surface area contributed by atoms with Gasteiger partial charge in [0.25, 0.3) is 11.8 Å². The molecule has 14 nitrogen and oxygen atoms in total. The first-order valence-corrected chi connectivity index (χ1v) is 15.2. The van der Waals surface area contributed by atoms with Gasteiger partial charge < -0.3 is 34.7 Å². The summed E-state index contributed by atoms with van der Waals surface area (Å²) in [6, 6.07) is 18.6. The molecule has 4 aromatic rings. The normalized spacial score (nSPS) is 10.2. The molecule has 2 amide bonds. The smallest absolute Gasteiger partial charge is 0.344 e. The summed E-state index contributed by atoms with van der Waals surface area (Å²) in [4.78, 5) is 43.2. The van der Waals surface area contributed by atoms with Gasteiger partial charge >= 0.3 is 5.97 Å². The summed E-state index contributed by atoms with van der Waals surface area (Å²) >= 11 is 11.4. The molecule has 0 atom stereocenters. The molecule has 0 radical (unpaired) electrons. The number of nitrogens with zero attached hydrogens (tertiary/aromatic N) is 4. The lowest BCUT2D eigenvalue weighted by molar-refractivity contribution is -0.157. The number of phenols is 1. The highest BCUT2D eigenvalue weighted by Gasteiger charge is 2.17. The Morgan fingerprint density at radius 3 is 1.70 bits per heavy atom. The average molecular weight is 722 g/mol. The molecule has 2 aromatic heterocycles. The highest BCUT2D eigenvalue weighted by molar-refractivity contribution is 6.30. The van der Waals surface area contributed by atoms with Gasteiger partial charge in [0.1, 0.15) is 52.4 Å². The van der Waals surface area contributed by atoms with Gasteiger partial charge in [-0.2, -0.15) is 10.5 Å². The number of amides is 2. The first-order chi connectivity index (χ1) is 23.7. The van der Waals surface area contributed by atoms with E-state index in [4.69, 9.17) is 47.4 Å². The maximum Gasteiger partial charge on any atom is 0.344 e. The van der Waals surface area contributed by atoms with Gasteiger partial charge in [0, 0.05) is 24.5 Å². The second-order valence-electron chi connectivity index (χ2n) is 10.8. The molecule has 0 saturated heterocycles. The van der Waals surface area contributed by atoms with Crippen molar-refractivity contribution < 1.29 is 38.4 Å². The van der Waals surface area contributed by atoms with E-state index in [1.54, 1.807) is 45.0 Å². The van der Waals surface area contributed by atoms with Gasteiger partial charge in [-0.1, -0.05) is 23.2 Å². The van der Waals surface area contributed by atoms with Crippen molar-refractivity contribution in [1.29, 1.82) is 10.5 Å². The molecule has 0 aliphatic rings. The van der Waals surface area contributed by atoms with Crippen LogP contribution in [0, 0.1) is 22.7 Å². The van der Waals surface area contributed by atoms with Crippen LogP contribution in [0.1, 0.15) is 31.9 Å². The van der Waals surface area contributed by atoms with Crippen LogP contribution in [0.3, 0.4) is 0 Å². The molecule has 2 heterocycles. The Bertz CT molecular complexity index is 1890. The highest BCUT2D eigenvalue weighted by Crippen LogP contribution is 2.24. The predicted molar refractivity (Wildman–Crippen MR) is 182 cm³/mol. The Hall–Kier alpha value is -6.09. The van der Waals surface area contributed by atoms with Gasteiger partial charge in [-0.25, -0.2) is 14.8 Å². The van der Waals surface area contributed by atoms with E-state index in [0.29, 0.717) is 27.4 Å². The van der Waals surface area contributed by atoms with E-state index in [2.05, 4.69) is 20.6 Å². The van der Waals surface area contributed by atoms with Gasteiger partial charge in [0.05, 0.1) is 21.2 Å². The Labute approximate surface area is 297 Å². The van der Waals surface area contributed by atoms with Crippen LogP contribution in [-0.4, -0.2) is 58.3 Å². The number of nitriles is 2. The fourth-order valence-corrected chi connectivity index (χ4v) is 3.82. The average Bonchev–Trinajstić information content (AvgIpc) is 3.07. The number of hydrogen-bond acceptors (Lipinski definition) is 12. The van der Waals surface area contributed by atoms with Gasteiger partial charge in [0.15, 0.2) is 19.8 Å². The highest BCUT2D eigenvalue weighted by atomic mass is 35.5. The molecular formula is C34H30Cl2N6O8. The molecule has 50 heavy (non-hydrogen) atoms. The summed E-state index contributed by atoms with van der Waals surface area (Å²) < 4.78 is 21.1. The number of halogens is 2. The third-order valence-electron chi connectivity index (χ3n) is 5.64. The number of anilines is 2. The van der Waals surface area contributed by atoms with Crippen molar-refractivity contribution in [2.45, 2.75) is 26.4 Å². The number of carbonyl (C=O) groups excluding carboxylic acids is 3. The lowest BCUT2D eigenvalue weighted by atomic mass is 10.2. The molecule has 0 aliphatic heterocycles. The van der Waals surface area contributed by atoms with E-state index in [1.807, 2.05) is 12.1 Å². The van der Waals surface area contributed by atoms with Crippen molar-refractivity contribution in [3.8, 4) is 35.1 Å². The van der Waals surface area contributed by atoms with Gasteiger partial charge in [-0.15, -0.1) is 0 Å². The van der Waals surface area contributed by atoms with Crippen molar-refractivity contribution in [2.24, 2.45) is 0 Å². The zero-order valence-electron chi connectivity index (χ0n) is 26.9. The monoisotopic (exact) mass is 720 g/mol. The molecule has 0 unspecified atom stereocenters. The predicted octanol–water partition coefficient (Wildman–Crippen LogP) is 5.67. The van der Waals surface area contributed by atoms with Crippen molar-refractivity contribution in [3.05, 3.63) is 94.2 Å². The fraction of sp³-hybridized carbons (Fsp3) is 0.206. The first-order valence-electron chi connectivity index (χ1n) is 14.4. The largest absolute Gasteiger partial charge is 0.508 e. The molecular weight excluding hydrogens is 691 g/mol. The number of pyridine rings is 2. The van der Waals surface area contributed by atoms with Crippen LogP contribution in [0.2, 0.25) is 10.0 Å². The van der Waals surface area contributed by atoms with E-state index in [9.17, 15) is 24.8 Å². The summed E-state index contributed by atoms with van der Waals surface area (Å²) in [5.74, 6) is -0.0534. The van der Waals surface area contributed by atoms with E-state index >= 15 is 0 Å². The zero-order chi connectivity index (χ0) is 36.7. The minimum absolute atomic E-state index is 0.0475. The van der Waals surface area contributed by atoms with Crippen LogP contribution in [0.5, 0.6) is 23.0 Å². The Kier molecular flexibility index (Phi) is 14.2. The topological polar surface area (TPSA) is 206 Å². The van der Waals surface area contributed by atoms with E-state index in [1.165, 1.54) is 48.8 Å². The van der Waals surface area contributed by atoms with Crippen LogP contribution in [0.15, 0.2) is 73.1 Å². The molecule has 16 heteroatoms. The van der Waals surface area contributed by atoms with Crippen molar-refractivity contribution >= 4 is 52.6 Å². The number of aromatic nitrogens is 2. The quantitative estimate of drug-likeness (QED) is 0.160. The van der Waals surface area contributed by atoms with Gasteiger partial charge in [0.2, 0.25) is 0 Å². The summed E-state index contributed by atoms with van der Waals surface area (Å²) in [7, 11) is 0. The summed E-state index contributed by atoms with van der Waals surface area (Å²) in [5, 5.41) is 33.4. The number of ether oxygens (including phenoxy) is 4. The molecule has 4 rings (SSSR count). The molecule has 0 saturated carbocycles. The number of phenolic OH excluding ortho intramolecular Hbond substituents is 1. The standard InChI is InChI=1S/C20H20ClN3O5.C14H10ClN3O3/c1-20(2,3)29-19(26)12-27-15-5-6-16(13(8-15)9-22)28-11-18(25)24-17-7-4-14(21)10-23-17;15-10-1-4-13(17-7-10)18-14(20)8-21-12-3-2-11(19)5-9(12)6-16/h4-8,10H,11-12H2,1-3H3,(H,23,24,25);1-5,7,19H,8H2,(H,17,18,20). The number of aromatic hydroxyl groups is 1. The maximum absolute atomic E-state index is 12.0. The number of esters is 1. The molecule has 0 fully saturated rings. The van der Waals surface area contributed by atoms with Crippen LogP contribution in [0.4, 0.5) is 11.6 Å². The van der Waals surface area contributed by atoms with Crippen LogP contribution in [0.25, 0.3) is 0 Å². The van der Waals surface area contributed by atoms with Crippen molar-refractivity contribution in [2.75, 3.05) is 30.5 Å². The van der Waals surface area contributed by atoms with E-state index < -0.39 is 23.4 Å². The second kappa shape index (κ2) is 18.5. The number of hydrogen-bond donors (Lipinski definition) is 3. The van der Waals surface area contributed by atoms with E-state index in [0.717, 1.165) is 0 Å². The lowest BCUT2D eigenvalue weighted by Crippen LogP contribution is -2.27. The number of rotatable bonds is 11. The minimum Gasteiger partial charge on any atom is -0.508 e. The Morgan fingerprint density at radius 1 is 0.740 bits per heavy atom. The SMILES string of the molecule is CC(C)(C)OC(=O)COc1ccc(OCC(=O)Nc2ccc(Cl)cn2)c(C#N)c1.N#Cc1cc(O)ccc1OCC(=O)Nc1ccc(Cl)cn1. The third kappa shape index (κ3) is 13.6. The lowest BCUT2D eigenvalue weighted by Gasteiger charge is -2.19. The van der Waals surface area contributed by atoms with Crippen LogP contribution in [-0.2, 0) is 19.1 Å². The zero-order valence-corrected chi connectivity index (χ0v) is 28.4. The summed E-state index contributed by atoms with van der Waals surface area (Å²) in [6.45, 7) is 4.36. The van der Waals surface area contributed by atoms with E-state index in [-0.39, 0.29) is 48.2 Å². The molecule has 2 aromatic carbocycles. The summed E-state index contributed by atoms with van der Waals surface area (Å²) in [6.07, 6.45) is 2.81. The Morgan fingerprint density at radius 2 is 1.24 bits per heavy atom. The molecule has 0 spiro atoms. The molecule has 258 valence electrons. The molecule has 0 bridgehead atoms. The molecule has 0 aliphatic carbocycles. The molecule has 3 N–H and O–H groups in total. The van der Waals surface area contributed by atoms with Gasteiger partial charge in [-0.05, 0) is 69.3 Å². The second-order valence-corrected chi connectivity index (χ2v) is 11.7. The van der Waals surface area contributed by atoms with Crippen molar-refractivity contribution in [3.63, 3.8) is 0 Å². The van der Waals surface area contributed by atoms with Gasteiger partial charge in [-0.3, -0.25) is 9.59 Å². The number of benzene rings is 2. The fourth-order valence-electron chi connectivity index (χ4n) is 3.60. The maximum atomic E-state index is 12.0. The Balaban J connectivity index is 0.000000284. The van der Waals surface area contributed by atoms with Crippen LogP contribution < -0.4 is 24.8 Å². The van der Waals surface area contributed by atoms with Crippen LogP contribution >= 0.6 is 23.2 Å². The first kappa shape index (κ1) is 38.4. The minimum atomic E-state index is -0.613. The summed E-state index contributed by atoms with van der Waals surface area (Å²) in [5.41, 5.74) is -0.311. The number of carbonyl (C=O) groups is 3. The number of nitrogens with one attached hydrogen (secondary N) is 2.